The molecule has 0 spiro atoms. The molecule has 2 aromatic heterocycles. The van der Waals surface area contributed by atoms with Crippen molar-refractivity contribution in [2.75, 3.05) is 36.9 Å². The van der Waals surface area contributed by atoms with Gasteiger partial charge in [0.15, 0.2) is 17.6 Å². The van der Waals surface area contributed by atoms with Gasteiger partial charge in [-0.05, 0) is 35.7 Å². The highest BCUT2D eigenvalue weighted by Gasteiger charge is 2.62. The number of fused-ring (bicyclic) bond motifs is 1. The molecule has 40 heavy (non-hydrogen) atoms. The fraction of sp³-hybridized carbons (Fsp3) is 0.400. The van der Waals surface area contributed by atoms with E-state index < -0.39 is 42.7 Å². The number of hydrogen-bond acceptors (Lipinski definition) is 10. The van der Waals surface area contributed by atoms with E-state index in [0.717, 1.165) is 17.3 Å². The smallest absolute Gasteiger partial charge is 0.333 e. The summed E-state index contributed by atoms with van der Waals surface area (Å²) in [4.78, 5) is 37.6. The molecule has 0 aliphatic carbocycles. The van der Waals surface area contributed by atoms with Gasteiger partial charge >= 0.3 is 12.0 Å². The summed E-state index contributed by atoms with van der Waals surface area (Å²) in [6, 6.07) is 6.69. The third kappa shape index (κ3) is 4.67. The molecule has 2 saturated heterocycles. The van der Waals surface area contributed by atoms with Crippen LogP contribution in [0.3, 0.4) is 0 Å². The Morgan fingerprint density at radius 1 is 1.35 bits per heavy atom. The summed E-state index contributed by atoms with van der Waals surface area (Å²) in [6.45, 7) is 0.243. The van der Waals surface area contributed by atoms with E-state index >= 15 is 0 Å². The molecule has 0 radical (unpaired) electrons. The molecule has 1 unspecified atom stereocenters. The average molecular weight is 572 g/mol. The van der Waals surface area contributed by atoms with Gasteiger partial charge in [0.25, 0.3) is 0 Å². The molecule has 1 aromatic carbocycles. The largest absolute Gasteiger partial charge is 0.479 e. The molecule has 2 fully saturated rings. The van der Waals surface area contributed by atoms with Crippen LogP contribution in [0.5, 0.6) is 0 Å². The number of hydrogen-bond donors (Lipinski definition) is 5. The third-order valence-corrected chi connectivity index (χ3v) is 7.22. The number of terminal acetylenes is 1. The minimum absolute atomic E-state index is 0.00716. The first kappa shape index (κ1) is 27.6. The first-order valence-electron chi connectivity index (χ1n) is 12.3. The molecule has 2 aliphatic rings. The molecule has 5 rings (SSSR count). The number of nitrogen functional groups attached to an aromatic ring is 1. The van der Waals surface area contributed by atoms with Crippen molar-refractivity contribution in [2.24, 2.45) is 0 Å². The second kappa shape index (κ2) is 10.5. The van der Waals surface area contributed by atoms with Gasteiger partial charge in [0.05, 0.1) is 19.5 Å². The highest BCUT2D eigenvalue weighted by molar-refractivity contribution is 6.28. The van der Waals surface area contributed by atoms with E-state index in [2.05, 4.69) is 26.2 Å². The second-order valence-electron chi connectivity index (χ2n) is 9.46. The molecule has 15 heteroatoms. The number of carboxylic acid groups (broad SMARTS) is 1. The Morgan fingerprint density at radius 2 is 2.10 bits per heavy atom. The van der Waals surface area contributed by atoms with Crippen molar-refractivity contribution in [1.82, 2.24) is 24.8 Å². The lowest BCUT2D eigenvalue weighted by Gasteiger charge is -2.35. The highest BCUT2D eigenvalue weighted by atomic mass is 35.5. The predicted molar refractivity (Wildman–Crippen MR) is 141 cm³/mol. The molecule has 2 amide bonds. The molecule has 6 N–H and O–H groups in total. The Kier molecular flexibility index (Phi) is 7.25. The number of nitrogens with two attached hydrogens (primary N) is 1. The Morgan fingerprint density at radius 3 is 2.77 bits per heavy atom. The van der Waals surface area contributed by atoms with Crippen LogP contribution >= 0.6 is 11.6 Å². The number of nitrogens with zero attached hydrogens (tertiary/aromatic N) is 5. The summed E-state index contributed by atoms with van der Waals surface area (Å²) in [7, 11) is 0. The fourth-order valence-corrected chi connectivity index (χ4v) is 4.99. The van der Waals surface area contributed by atoms with Crippen molar-refractivity contribution in [3.63, 3.8) is 0 Å². The van der Waals surface area contributed by atoms with Crippen molar-refractivity contribution in [1.29, 1.82) is 0 Å². The zero-order valence-electron chi connectivity index (χ0n) is 21.0. The number of benzene rings is 1. The fourth-order valence-electron chi connectivity index (χ4n) is 4.82. The summed E-state index contributed by atoms with van der Waals surface area (Å²) in [5.74, 6) is 0.871. The Labute approximate surface area is 232 Å². The van der Waals surface area contributed by atoms with Gasteiger partial charge in [0, 0.05) is 25.2 Å². The average Bonchev–Trinajstić information content (AvgIpc) is 3.47. The number of carboxylic acids is 1. The van der Waals surface area contributed by atoms with Gasteiger partial charge in [-0.2, -0.15) is 9.97 Å². The number of rotatable bonds is 8. The zero-order chi connectivity index (χ0) is 28.7. The first-order chi connectivity index (χ1) is 19.1. The topological polar surface area (TPSA) is 198 Å². The lowest BCUT2D eigenvalue weighted by molar-refractivity contribution is -0.163. The number of halogens is 1. The summed E-state index contributed by atoms with van der Waals surface area (Å²) >= 11 is 5.92. The van der Waals surface area contributed by atoms with Gasteiger partial charge in [0.2, 0.25) is 16.6 Å². The highest BCUT2D eigenvalue weighted by Crippen LogP contribution is 2.41. The van der Waals surface area contributed by atoms with Gasteiger partial charge in [-0.3, -0.25) is 9.47 Å². The zero-order valence-corrected chi connectivity index (χ0v) is 21.8. The first-order valence-corrected chi connectivity index (χ1v) is 12.6. The second-order valence-corrected chi connectivity index (χ2v) is 9.80. The van der Waals surface area contributed by atoms with E-state index in [1.807, 2.05) is 0 Å². The predicted octanol–water partition coefficient (Wildman–Crippen LogP) is 0.102. The van der Waals surface area contributed by atoms with Crippen LogP contribution in [-0.4, -0.2) is 91.0 Å². The van der Waals surface area contributed by atoms with Crippen molar-refractivity contribution >= 4 is 46.3 Å². The third-order valence-electron chi connectivity index (χ3n) is 7.05. The van der Waals surface area contributed by atoms with Gasteiger partial charge in [-0.25, -0.2) is 14.6 Å². The molecule has 14 nitrogen and oxygen atoms in total. The number of carbonyl (C=O) groups excluding carboxylic acids is 1. The molecule has 2 aliphatic heterocycles. The Bertz CT molecular complexity index is 1490. The van der Waals surface area contributed by atoms with Gasteiger partial charge < -0.3 is 35.8 Å². The maximum atomic E-state index is 12.1. The standard InChI is InChI=1S/C25H26ClN7O7/c1-2-24(37)17(40-12-25(24,38)33-13-29-18-19(27)30-22(26)31-20(18)33)11-39-16(21(34)35)10-14-4-6-15(7-5-14)32-9-3-8-28-23(32)36/h1,4-7,13,16-17,37-38H,3,8-12H2,(H,28,36)(H,34,35)(H2,27,30,31)/t16?,17-,24-,25-/m1/s1. The van der Waals surface area contributed by atoms with Crippen LogP contribution in [0.2, 0.25) is 5.28 Å². The monoisotopic (exact) mass is 571 g/mol. The maximum absolute atomic E-state index is 12.1. The van der Waals surface area contributed by atoms with Crippen LogP contribution < -0.4 is 16.0 Å². The van der Waals surface area contributed by atoms with Gasteiger partial charge in [0.1, 0.15) is 11.6 Å². The van der Waals surface area contributed by atoms with Crippen LogP contribution in [-0.2, 0) is 26.4 Å². The van der Waals surface area contributed by atoms with E-state index in [0.29, 0.717) is 24.3 Å². The number of anilines is 2. The van der Waals surface area contributed by atoms with E-state index in [4.69, 9.17) is 33.2 Å². The quantitative estimate of drug-likeness (QED) is 0.181. The van der Waals surface area contributed by atoms with Crippen molar-refractivity contribution in [3.8, 4) is 12.3 Å². The van der Waals surface area contributed by atoms with Crippen molar-refractivity contribution < 1.29 is 34.4 Å². The number of urea groups is 1. The SMILES string of the molecule is C#C[C@@]1(O)[C@@H](COC(Cc2ccc(N3CCCNC3=O)cc2)C(=O)O)OC[C@]1(O)n1cnc2c(N)nc(Cl)nc21. The van der Waals surface area contributed by atoms with Crippen LogP contribution in [0.1, 0.15) is 12.0 Å². The summed E-state index contributed by atoms with van der Waals surface area (Å²) in [5, 5.41) is 35.3. The number of amides is 2. The molecule has 4 atom stereocenters. The number of aliphatic hydroxyl groups is 2. The van der Waals surface area contributed by atoms with Crippen molar-refractivity contribution in [3.05, 3.63) is 41.4 Å². The molecular formula is C25H26ClN7O7. The van der Waals surface area contributed by atoms with Gasteiger partial charge in [-0.1, -0.05) is 18.1 Å². The lowest BCUT2D eigenvalue weighted by Crippen LogP contribution is -2.58. The number of aromatic nitrogens is 4. The maximum Gasteiger partial charge on any atom is 0.333 e. The van der Waals surface area contributed by atoms with Crippen molar-refractivity contribution in [2.45, 2.75) is 36.4 Å². The minimum atomic E-state index is -2.38. The number of aliphatic carboxylic acids is 1. The molecular weight excluding hydrogens is 546 g/mol. The molecule has 210 valence electrons. The molecule has 3 aromatic rings. The van der Waals surface area contributed by atoms with E-state index in [1.54, 1.807) is 29.2 Å². The Hall–Kier alpha value is -4.00. The van der Waals surface area contributed by atoms with Crippen LogP contribution in [0.15, 0.2) is 30.6 Å². The molecule has 0 saturated carbocycles. The van der Waals surface area contributed by atoms with Crippen LogP contribution in [0, 0.1) is 12.3 Å². The minimum Gasteiger partial charge on any atom is -0.479 e. The van der Waals surface area contributed by atoms with Crippen LogP contribution in [0.4, 0.5) is 16.3 Å². The van der Waals surface area contributed by atoms with Gasteiger partial charge in [-0.15, -0.1) is 6.42 Å². The van der Waals surface area contributed by atoms with E-state index in [9.17, 15) is 24.9 Å². The number of ether oxygens (including phenoxy) is 2. The van der Waals surface area contributed by atoms with E-state index in [-0.39, 0.29) is 34.7 Å². The number of imidazole rings is 1. The number of carbonyl (C=O) groups is 2. The summed E-state index contributed by atoms with van der Waals surface area (Å²) in [6.07, 6.45) is 4.97. The Balaban J connectivity index is 1.31. The molecule has 0 bridgehead atoms. The normalized spacial score (nSPS) is 25.5. The van der Waals surface area contributed by atoms with E-state index in [1.165, 1.54) is 0 Å². The summed E-state index contributed by atoms with van der Waals surface area (Å²) in [5.41, 5.74) is 2.64. The lowest BCUT2D eigenvalue weighted by atomic mass is 9.88. The van der Waals surface area contributed by atoms with Crippen LogP contribution in [0.25, 0.3) is 11.2 Å². The summed E-state index contributed by atoms with van der Waals surface area (Å²) < 4.78 is 12.3. The number of nitrogens with one attached hydrogen (secondary N) is 1. The molecule has 4 heterocycles.